The van der Waals surface area contributed by atoms with Gasteiger partial charge in [-0.25, -0.2) is 0 Å². The number of hydrogen-bond acceptors (Lipinski definition) is 2. The van der Waals surface area contributed by atoms with Crippen molar-refractivity contribution in [2.24, 2.45) is 5.92 Å². The van der Waals surface area contributed by atoms with E-state index in [2.05, 4.69) is 21.2 Å². The van der Waals surface area contributed by atoms with Crippen LogP contribution in [0.3, 0.4) is 0 Å². The van der Waals surface area contributed by atoms with E-state index < -0.39 is 5.60 Å². The molecule has 0 radical (unpaired) electrons. The lowest BCUT2D eigenvalue weighted by Gasteiger charge is -2.30. The summed E-state index contributed by atoms with van der Waals surface area (Å²) in [4.78, 5) is 0. The smallest absolute Gasteiger partial charge is 0.0909 e. The molecule has 1 saturated heterocycles. The molecule has 15 heavy (non-hydrogen) atoms. The molecule has 1 heterocycles. The van der Waals surface area contributed by atoms with Gasteiger partial charge in [0.2, 0.25) is 0 Å². The molecule has 0 spiro atoms. The zero-order valence-corrected chi connectivity index (χ0v) is 10.4. The molecule has 0 amide bonds. The van der Waals surface area contributed by atoms with Crippen LogP contribution in [0.4, 0.5) is 0 Å². The van der Waals surface area contributed by atoms with Gasteiger partial charge in [0.1, 0.15) is 0 Å². The van der Waals surface area contributed by atoms with Gasteiger partial charge in [0.25, 0.3) is 0 Å². The van der Waals surface area contributed by atoms with Gasteiger partial charge >= 0.3 is 0 Å². The van der Waals surface area contributed by atoms with Gasteiger partial charge < -0.3 is 10.4 Å². The summed E-state index contributed by atoms with van der Waals surface area (Å²) in [6, 6.07) is 7.93. The van der Waals surface area contributed by atoms with Crippen LogP contribution >= 0.6 is 15.9 Å². The highest BCUT2D eigenvalue weighted by molar-refractivity contribution is 9.10. The Morgan fingerprint density at radius 2 is 2.07 bits per heavy atom. The van der Waals surface area contributed by atoms with Crippen molar-refractivity contribution in [3.8, 4) is 0 Å². The van der Waals surface area contributed by atoms with Gasteiger partial charge in [-0.3, -0.25) is 0 Å². The Labute approximate surface area is 98.8 Å². The summed E-state index contributed by atoms with van der Waals surface area (Å²) >= 11 is 3.40. The number of halogens is 1. The van der Waals surface area contributed by atoms with Crippen molar-refractivity contribution < 1.29 is 5.11 Å². The highest BCUT2D eigenvalue weighted by atomic mass is 79.9. The van der Waals surface area contributed by atoms with Crippen LogP contribution in [0.2, 0.25) is 0 Å². The van der Waals surface area contributed by atoms with E-state index in [1.807, 2.05) is 31.2 Å². The Morgan fingerprint density at radius 1 is 1.40 bits per heavy atom. The van der Waals surface area contributed by atoms with Gasteiger partial charge in [0, 0.05) is 16.9 Å². The number of nitrogens with one attached hydrogen (secondary N) is 1. The molecule has 1 fully saturated rings. The zero-order chi connectivity index (χ0) is 10.9. The number of aliphatic hydroxyl groups is 1. The lowest BCUT2D eigenvalue weighted by atomic mass is 9.82. The van der Waals surface area contributed by atoms with E-state index in [0.29, 0.717) is 5.92 Å². The fourth-order valence-corrected chi connectivity index (χ4v) is 2.42. The third-order valence-corrected chi connectivity index (χ3v) is 3.81. The molecular weight excluding hydrogens is 254 g/mol. The Kier molecular flexibility index (Phi) is 3.14. The topological polar surface area (TPSA) is 32.3 Å². The van der Waals surface area contributed by atoms with E-state index >= 15 is 0 Å². The normalized spacial score (nSPS) is 25.1. The average Bonchev–Trinajstić information content (AvgIpc) is 2.71. The predicted octanol–water partition coefficient (Wildman–Crippen LogP) is 2.27. The van der Waals surface area contributed by atoms with Crippen LogP contribution in [0.5, 0.6) is 0 Å². The zero-order valence-electron chi connectivity index (χ0n) is 8.83. The van der Waals surface area contributed by atoms with Gasteiger partial charge in [0.05, 0.1) is 5.60 Å². The highest BCUT2D eigenvalue weighted by Gasteiger charge is 2.35. The van der Waals surface area contributed by atoms with Crippen molar-refractivity contribution in [2.45, 2.75) is 18.9 Å². The molecule has 2 unspecified atom stereocenters. The monoisotopic (exact) mass is 269 g/mol. The molecule has 1 aliphatic heterocycles. The third kappa shape index (κ3) is 2.25. The first-order chi connectivity index (χ1) is 7.10. The van der Waals surface area contributed by atoms with E-state index in [9.17, 15) is 5.11 Å². The Morgan fingerprint density at radius 3 is 2.60 bits per heavy atom. The second-order valence-corrected chi connectivity index (χ2v) is 5.26. The number of hydrogen-bond donors (Lipinski definition) is 2. The molecule has 1 aliphatic rings. The Balaban J connectivity index is 2.23. The molecule has 2 atom stereocenters. The van der Waals surface area contributed by atoms with Gasteiger partial charge in [-0.15, -0.1) is 0 Å². The number of rotatable bonds is 2. The molecule has 0 aliphatic carbocycles. The fourth-order valence-electron chi connectivity index (χ4n) is 2.16. The first kappa shape index (κ1) is 11.1. The highest BCUT2D eigenvalue weighted by Crippen LogP contribution is 2.33. The maximum absolute atomic E-state index is 10.5. The van der Waals surface area contributed by atoms with Crippen LogP contribution in [-0.2, 0) is 5.60 Å². The van der Waals surface area contributed by atoms with E-state index in [-0.39, 0.29) is 0 Å². The molecule has 2 rings (SSSR count). The maximum atomic E-state index is 10.5. The minimum Gasteiger partial charge on any atom is -0.385 e. The van der Waals surface area contributed by atoms with Crippen LogP contribution in [0.1, 0.15) is 18.9 Å². The van der Waals surface area contributed by atoms with Crippen LogP contribution < -0.4 is 5.32 Å². The minimum absolute atomic E-state index is 0.318. The maximum Gasteiger partial charge on any atom is 0.0909 e. The first-order valence-corrected chi connectivity index (χ1v) is 6.09. The van der Waals surface area contributed by atoms with E-state index in [1.54, 1.807) is 0 Å². The van der Waals surface area contributed by atoms with Crippen molar-refractivity contribution in [1.82, 2.24) is 5.32 Å². The summed E-state index contributed by atoms with van der Waals surface area (Å²) in [7, 11) is 0. The van der Waals surface area contributed by atoms with Crippen LogP contribution in [-0.4, -0.2) is 18.2 Å². The SMILES string of the molecule is CC(O)(c1ccc(Br)cc1)C1CCNC1. The Bertz CT molecular complexity index is 328. The molecule has 2 N–H and O–H groups in total. The lowest BCUT2D eigenvalue weighted by molar-refractivity contribution is 0.00216. The quantitative estimate of drug-likeness (QED) is 0.864. The summed E-state index contributed by atoms with van der Waals surface area (Å²) in [6.45, 7) is 3.83. The number of benzene rings is 1. The van der Waals surface area contributed by atoms with Crippen molar-refractivity contribution in [2.75, 3.05) is 13.1 Å². The molecule has 1 aromatic rings. The summed E-state index contributed by atoms with van der Waals surface area (Å²) < 4.78 is 1.05. The summed E-state index contributed by atoms with van der Waals surface area (Å²) in [5.41, 5.74) is 0.281. The molecule has 0 aromatic heterocycles. The molecule has 0 saturated carbocycles. The van der Waals surface area contributed by atoms with Gasteiger partial charge in [0.15, 0.2) is 0 Å². The predicted molar refractivity (Wildman–Crippen MR) is 64.7 cm³/mol. The van der Waals surface area contributed by atoms with Crippen LogP contribution in [0, 0.1) is 5.92 Å². The lowest BCUT2D eigenvalue weighted by Crippen LogP contribution is -2.33. The second kappa shape index (κ2) is 4.24. The van der Waals surface area contributed by atoms with Crippen LogP contribution in [0.25, 0.3) is 0 Å². The van der Waals surface area contributed by atoms with Crippen molar-refractivity contribution in [3.63, 3.8) is 0 Å². The molecular formula is C12H16BrNO. The second-order valence-electron chi connectivity index (χ2n) is 4.34. The molecule has 3 heteroatoms. The third-order valence-electron chi connectivity index (χ3n) is 3.28. The van der Waals surface area contributed by atoms with E-state index in [4.69, 9.17) is 0 Å². The van der Waals surface area contributed by atoms with Crippen molar-refractivity contribution >= 4 is 15.9 Å². The van der Waals surface area contributed by atoms with Gasteiger partial charge in [-0.05, 0) is 37.6 Å². The molecule has 0 bridgehead atoms. The molecule has 1 aromatic carbocycles. The largest absolute Gasteiger partial charge is 0.385 e. The first-order valence-electron chi connectivity index (χ1n) is 5.30. The van der Waals surface area contributed by atoms with Crippen molar-refractivity contribution in [1.29, 1.82) is 0 Å². The minimum atomic E-state index is -0.718. The van der Waals surface area contributed by atoms with Crippen molar-refractivity contribution in [3.05, 3.63) is 34.3 Å². The van der Waals surface area contributed by atoms with Gasteiger partial charge in [-0.1, -0.05) is 28.1 Å². The fraction of sp³-hybridized carbons (Fsp3) is 0.500. The summed E-state index contributed by atoms with van der Waals surface area (Å²) in [5, 5.41) is 13.8. The summed E-state index contributed by atoms with van der Waals surface area (Å²) in [5.74, 6) is 0.318. The Hall–Kier alpha value is -0.380. The van der Waals surface area contributed by atoms with E-state index in [1.165, 1.54) is 0 Å². The van der Waals surface area contributed by atoms with Crippen LogP contribution in [0.15, 0.2) is 28.7 Å². The average molecular weight is 270 g/mol. The summed E-state index contributed by atoms with van der Waals surface area (Å²) in [6.07, 6.45) is 1.04. The van der Waals surface area contributed by atoms with E-state index in [0.717, 1.165) is 29.5 Å². The molecule has 2 nitrogen and oxygen atoms in total. The molecule has 82 valence electrons. The standard InChI is InChI=1S/C12H16BrNO/c1-12(15,10-6-7-14-8-10)9-2-4-11(13)5-3-9/h2-5,10,14-15H,6-8H2,1H3. The van der Waals surface area contributed by atoms with Gasteiger partial charge in [-0.2, -0.15) is 0 Å².